The molecule has 3 aromatic rings. The average molecular weight is 392 g/mol. The molecule has 2 aromatic heterocycles. The van der Waals surface area contributed by atoms with E-state index in [2.05, 4.69) is 66.0 Å². The van der Waals surface area contributed by atoms with Crippen molar-refractivity contribution in [2.24, 2.45) is 0 Å². The predicted octanol–water partition coefficient (Wildman–Crippen LogP) is 3.62. The Morgan fingerprint density at radius 3 is 2.86 bits per heavy atom. The van der Waals surface area contributed by atoms with E-state index in [1.807, 2.05) is 0 Å². The molecule has 1 saturated heterocycles. The SMILES string of the molecule is CC(C)N1CCc2c(nc(N3CCOCC3C)nc2-c2c[nH]c3ccccc23)C1. The summed E-state index contributed by atoms with van der Waals surface area (Å²) in [5.74, 6) is 0.838. The molecule has 0 bridgehead atoms. The van der Waals surface area contributed by atoms with Crippen molar-refractivity contribution in [3.8, 4) is 11.3 Å². The summed E-state index contributed by atoms with van der Waals surface area (Å²) in [6.07, 6.45) is 3.09. The van der Waals surface area contributed by atoms with Crippen LogP contribution in [-0.4, -0.2) is 58.2 Å². The lowest BCUT2D eigenvalue weighted by Gasteiger charge is -2.36. The minimum atomic E-state index is 0.280. The molecule has 6 nitrogen and oxygen atoms in total. The molecule has 0 radical (unpaired) electrons. The van der Waals surface area contributed by atoms with Gasteiger partial charge in [0.1, 0.15) is 0 Å². The molecule has 0 aliphatic carbocycles. The van der Waals surface area contributed by atoms with Crippen molar-refractivity contribution >= 4 is 16.9 Å². The van der Waals surface area contributed by atoms with Gasteiger partial charge in [-0.05, 0) is 33.3 Å². The highest BCUT2D eigenvalue weighted by Gasteiger charge is 2.28. The van der Waals surface area contributed by atoms with Crippen molar-refractivity contribution in [1.82, 2.24) is 19.9 Å². The first-order chi connectivity index (χ1) is 14.1. The first-order valence-electron chi connectivity index (χ1n) is 10.7. The Balaban J connectivity index is 1.67. The van der Waals surface area contributed by atoms with Crippen molar-refractivity contribution < 1.29 is 4.74 Å². The van der Waals surface area contributed by atoms with Gasteiger partial charge in [0.15, 0.2) is 0 Å². The Morgan fingerprint density at radius 2 is 2.03 bits per heavy atom. The Kier molecular flexibility index (Phi) is 4.76. The average Bonchev–Trinajstić information content (AvgIpc) is 3.17. The van der Waals surface area contributed by atoms with E-state index in [9.17, 15) is 0 Å². The standard InChI is InChI=1S/C23H29N5O/c1-15(2)27-9-8-18-21(13-27)25-23(28-10-11-29-14-16(28)3)26-22(18)19-12-24-20-7-5-4-6-17(19)20/h4-7,12,15-16,24H,8-11,13-14H2,1-3H3. The Bertz CT molecular complexity index is 1030. The van der Waals surface area contributed by atoms with Crippen LogP contribution in [0.5, 0.6) is 0 Å². The van der Waals surface area contributed by atoms with Crippen molar-refractivity contribution in [2.45, 2.75) is 45.8 Å². The van der Waals surface area contributed by atoms with E-state index < -0.39 is 0 Å². The van der Waals surface area contributed by atoms with Crippen molar-refractivity contribution in [3.05, 3.63) is 41.7 Å². The third-order valence-corrected chi connectivity index (χ3v) is 6.28. The number of H-pyrrole nitrogens is 1. The van der Waals surface area contributed by atoms with E-state index in [1.54, 1.807) is 0 Å². The summed E-state index contributed by atoms with van der Waals surface area (Å²) >= 11 is 0. The van der Waals surface area contributed by atoms with Crippen LogP contribution < -0.4 is 4.90 Å². The van der Waals surface area contributed by atoms with Crippen molar-refractivity contribution in [3.63, 3.8) is 0 Å². The van der Waals surface area contributed by atoms with E-state index in [0.717, 1.165) is 56.4 Å². The number of morpholine rings is 1. The van der Waals surface area contributed by atoms with Gasteiger partial charge >= 0.3 is 0 Å². The third-order valence-electron chi connectivity index (χ3n) is 6.28. The maximum Gasteiger partial charge on any atom is 0.226 e. The summed E-state index contributed by atoms with van der Waals surface area (Å²) < 4.78 is 5.64. The molecule has 6 heteroatoms. The number of rotatable bonds is 3. The lowest BCUT2D eigenvalue weighted by molar-refractivity contribution is 0.0980. The third kappa shape index (κ3) is 3.30. The summed E-state index contributed by atoms with van der Waals surface area (Å²) in [5.41, 5.74) is 5.89. The summed E-state index contributed by atoms with van der Waals surface area (Å²) in [6.45, 7) is 10.9. The smallest absolute Gasteiger partial charge is 0.226 e. The summed E-state index contributed by atoms with van der Waals surface area (Å²) in [6, 6.07) is 9.26. The zero-order valence-corrected chi connectivity index (χ0v) is 17.5. The quantitative estimate of drug-likeness (QED) is 0.739. The van der Waals surface area contributed by atoms with Crippen LogP contribution >= 0.6 is 0 Å². The number of aromatic amines is 1. The van der Waals surface area contributed by atoms with Gasteiger partial charge in [-0.2, -0.15) is 0 Å². The Morgan fingerprint density at radius 1 is 1.17 bits per heavy atom. The number of para-hydroxylation sites is 1. The van der Waals surface area contributed by atoms with Gasteiger partial charge in [0, 0.05) is 53.9 Å². The van der Waals surface area contributed by atoms with Crippen LogP contribution in [0.1, 0.15) is 32.0 Å². The van der Waals surface area contributed by atoms with E-state index in [-0.39, 0.29) is 6.04 Å². The number of benzene rings is 1. The molecule has 1 fully saturated rings. The zero-order chi connectivity index (χ0) is 20.0. The maximum absolute atomic E-state index is 5.64. The monoisotopic (exact) mass is 391 g/mol. The van der Waals surface area contributed by atoms with E-state index in [1.165, 1.54) is 22.2 Å². The van der Waals surface area contributed by atoms with E-state index in [4.69, 9.17) is 14.7 Å². The van der Waals surface area contributed by atoms with Gasteiger partial charge in [0.2, 0.25) is 5.95 Å². The fraction of sp³-hybridized carbons (Fsp3) is 0.478. The highest BCUT2D eigenvalue weighted by atomic mass is 16.5. The number of nitrogens with one attached hydrogen (secondary N) is 1. The molecular formula is C23H29N5O. The second kappa shape index (κ2) is 7.43. The first-order valence-corrected chi connectivity index (χ1v) is 10.7. The van der Waals surface area contributed by atoms with Gasteiger partial charge in [-0.3, -0.25) is 4.90 Å². The Labute approximate surface area is 171 Å². The largest absolute Gasteiger partial charge is 0.377 e. The minimum absolute atomic E-state index is 0.280. The molecule has 152 valence electrons. The lowest BCUT2D eigenvalue weighted by atomic mass is 9.97. The molecule has 1 atom stereocenters. The van der Waals surface area contributed by atoms with Gasteiger partial charge in [0.25, 0.3) is 0 Å². The summed E-state index contributed by atoms with van der Waals surface area (Å²) in [4.78, 5) is 18.4. The number of hydrogen-bond donors (Lipinski definition) is 1. The molecule has 5 rings (SSSR count). The van der Waals surface area contributed by atoms with Gasteiger partial charge in [0.05, 0.1) is 30.6 Å². The van der Waals surface area contributed by atoms with Crippen LogP contribution in [0.3, 0.4) is 0 Å². The minimum Gasteiger partial charge on any atom is -0.377 e. The summed E-state index contributed by atoms with van der Waals surface area (Å²) in [5, 5.41) is 1.22. The highest BCUT2D eigenvalue weighted by Crippen LogP contribution is 2.35. The zero-order valence-electron chi connectivity index (χ0n) is 17.5. The number of aromatic nitrogens is 3. The molecule has 2 aliphatic heterocycles. The maximum atomic E-state index is 5.64. The van der Waals surface area contributed by atoms with E-state index >= 15 is 0 Å². The van der Waals surface area contributed by atoms with Crippen LogP contribution in [0.25, 0.3) is 22.2 Å². The molecule has 0 spiro atoms. The number of nitrogens with zero attached hydrogens (tertiary/aromatic N) is 4. The number of anilines is 1. The molecule has 0 amide bonds. The number of ether oxygens (including phenoxy) is 1. The highest BCUT2D eigenvalue weighted by molar-refractivity contribution is 5.95. The van der Waals surface area contributed by atoms with Gasteiger partial charge in [-0.1, -0.05) is 18.2 Å². The first kappa shape index (κ1) is 18.6. The Hall–Kier alpha value is -2.44. The van der Waals surface area contributed by atoms with Gasteiger partial charge in [-0.15, -0.1) is 0 Å². The predicted molar refractivity (Wildman–Crippen MR) is 116 cm³/mol. The second-order valence-corrected chi connectivity index (χ2v) is 8.48. The molecule has 0 saturated carbocycles. The van der Waals surface area contributed by atoms with Crippen LogP contribution in [0.2, 0.25) is 0 Å². The molecule has 1 aromatic carbocycles. The lowest BCUT2D eigenvalue weighted by Crippen LogP contribution is -2.45. The van der Waals surface area contributed by atoms with Gasteiger partial charge < -0.3 is 14.6 Å². The van der Waals surface area contributed by atoms with Crippen LogP contribution in [0.15, 0.2) is 30.5 Å². The fourth-order valence-corrected chi connectivity index (χ4v) is 4.52. The number of hydrogen-bond acceptors (Lipinski definition) is 5. The van der Waals surface area contributed by atoms with Crippen LogP contribution in [0.4, 0.5) is 5.95 Å². The van der Waals surface area contributed by atoms with E-state index in [0.29, 0.717) is 6.04 Å². The topological polar surface area (TPSA) is 57.3 Å². The molecule has 29 heavy (non-hydrogen) atoms. The molecule has 1 unspecified atom stereocenters. The van der Waals surface area contributed by atoms with Crippen LogP contribution in [-0.2, 0) is 17.7 Å². The second-order valence-electron chi connectivity index (χ2n) is 8.48. The summed E-state index contributed by atoms with van der Waals surface area (Å²) in [7, 11) is 0. The molecule has 1 N–H and O–H groups in total. The van der Waals surface area contributed by atoms with Gasteiger partial charge in [-0.25, -0.2) is 9.97 Å². The van der Waals surface area contributed by atoms with Crippen molar-refractivity contribution in [1.29, 1.82) is 0 Å². The molecule has 4 heterocycles. The molecular weight excluding hydrogens is 362 g/mol. The number of fused-ring (bicyclic) bond motifs is 2. The van der Waals surface area contributed by atoms with Crippen LogP contribution in [0, 0.1) is 0 Å². The fourth-order valence-electron chi connectivity index (χ4n) is 4.52. The normalized spacial score (nSPS) is 20.4. The molecule has 2 aliphatic rings. The van der Waals surface area contributed by atoms with Crippen molar-refractivity contribution in [2.75, 3.05) is 31.2 Å².